The maximum Gasteiger partial charge on any atom is 0.252 e. The molecule has 2 atom stereocenters. The van der Waals surface area contributed by atoms with Crippen molar-refractivity contribution in [3.63, 3.8) is 0 Å². The molecule has 8 nitrogen and oxygen atoms in total. The van der Waals surface area contributed by atoms with Crippen molar-refractivity contribution in [2.75, 3.05) is 10.6 Å². The fourth-order valence-corrected chi connectivity index (χ4v) is 3.96. The topological polar surface area (TPSA) is 109 Å². The molecule has 2 aromatic carbocycles. The van der Waals surface area contributed by atoms with E-state index in [-0.39, 0.29) is 24.1 Å². The fraction of sp³-hybridized carbons (Fsp3) is 0.286. The van der Waals surface area contributed by atoms with Crippen molar-refractivity contribution < 1.29 is 9.90 Å². The lowest BCUT2D eigenvalue weighted by Gasteiger charge is -2.25. The molecule has 0 bridgehead atoms. The molecular weight excluding hydrogens is 454 g/mol. The third kappa shape index (κ3) is 5.60. The number of hydrogen-bond donors (Lipinski definition) is 3. The largest absolute Gasteiger partial charge is 0.389 e. The summed E-state index contributed by atoms with van der Waals surface area (Å²) in [5.41, 5.74) is 1.65. The summed E-state index contributed by atoms with van der Waals surface area (Å²) in [7, 11) is 0. The summed E-state index contributed by atoms with van der Waals surface area (Å²) in [4.78, 5) is 35.1. The van der Waals surface area contributed by atoms with Gasteiger partial charge in [-0.1, -0.05) is 42.5 Å². The Morgan fingerprint density at radius 3 is 2.47 bits per heavy atom. The summed E-state index contributed by atoms with van der Waals surface area (Å²) in [6.45, 7) is 7.37. The molecule has 0 aliphatic heterocycles. The Labute approximate surface area is 210 Å². The van der Waals surface area contributed by atoms with Gasteiger partial charge in [-0.2, -0.15) is 4.98 Å². The zero-order valence-electron chi connectivity index (χ0n) is 20.9. The van der Waals surface area contributed by atoms with Crippen molar-refractivity contribution in [2.24, 2.45) is 5.41 Å². The maximum absolute atomic E-state index is 13.2. The second kappa shape index (κ2) is 10.3. The number of anilines is 2. The van der Waals surface area contributed by atoms with E-state index in [4.69, 9.17) is 0 Å². The van der Waals surface area contributed by atoms with E-state index in [0.717, 1.165) is 5.56 Å². The normalized spacial score (nSPS) is 13.2. The lowest BCUT2D eigenvalue weighted by molar-refractivity contribution is -0.124. The van der Waals surface area contributed by atoms with Crippen LogP contribution in [0.1, 0.15) is 51.0 Å². The molecule has 36 heavy (non-hydrogen) atoms. The van der Waals surface area contributed by atoms with E-state index in [1.54, 1.807) is 57.3 Å². The van der Waals surface area contributed by atoms with E-state index in [1.807, 2.05) is 37.3 Å². The van der Waals surface area contributed by atoms with E-state index < -0.39 is 11.5 Å². The molecule has 186 valence electrons. The summed E-state index contributed by atoms with van der Waals surface area (Å²) < 4.78 is 1.52. The number of rotatable bonds is 8. The number of benzene rings is 2. The molecule has 0 radical (unpaired) electrons. The summed E-state index contributed by atoms with van der Waals surface area (Å²) in [6.07, 6.45) is 1.03. The van der Waals surface area contributed by atoms with Crippen LogP contribution in [0.3, 0.4) is 0 Å². The van der Waals surface area contributed by atoms with Crippen LogP contribution in [0.4, 0.5) is 11.6 Å². The van der Waals surface area contributed by atoms with Gasteiger partial charge in [0.1, 0.15) is 5.65 Å². The first kappa shape index (κ1) is 25.1. The van der Waals surface area contributed by atoms with Crippen molar-refractivity contribution in [1.29, 1.82) is 0 Å². The first-order valence-corrected chi connectivity index (χ1v) is 11.9. The molecule has 2 heterocycles. The van der Waals surface area contributed by atoms with Crippen molar-refractivity contribution in [2.45, 2.75) is 46.4 Å². The molecule has 1 amide bonds. The minimum absolute atomic E-state index is 0.0350. The molecule has 0 spiro atoms. The highest BCUT2D eigenvalue weighted by Crippen LogP contribution is 2.25. The summed E-state index contributed by atoms with van der Waals surface area (Å²) >= 11 is 0. The Morgan fingerprint density at radius 1 is 1.03 bits per heavy atom. The van der Waals surface area contributed by atoms with E-state index in [0.29, 0.717) is 28.2 Å². The predicted molar refractivity (Wildman–Crippen MR) is 142 cm³/mol. The Bertz CT molecular complexity index is 1430. The Kier molecular flexibility index (Phi) is 7.17. The number of aliphatic hydroxyl groups excluding tert-OH is 1. The molecule has 0 fully saturated rings. The van der Waals surface area contributed by atoms with Crippen LogP contribution in [0.25, 0.3) is 11.0 Å². The molecule has 2 aromatic heterocycles. The predicted octanol–water partition coefficient (Wildman–Crippen LogP) is 4.68. The fourth-order valence-electron chi connectivity index (χ4n) is 3.96. The molecular formula is C28H31N5O3. The van der Waals surface area contributed by atoms with Gasteiger partial charge in [0.05, 0.1) is 17.6 Å². The van der Waals surface area contributed by atoms with Crippen LogP contribution in [-0.2, 0) is 11.3 Å². The summed E-state index contributed by atoms with van der Waals surface area (Å²) in [6, 6.07) is 20.1. The minimum Gasteiger partial charge on any atom is -0.389 e. The number of aliphatic hydroxyl groups is 1. The number of fused-ring (bicyclic) bond motifs is 1. The second-order valence-electron chi connectivity index (χ2n) is 9.65. The SMILES string of the molecule is CC(O)c1cccc(NC(=O)C(C)(C)Cn2c(=O)ccc3cnc(NC(C)c4ccccc4)nc32)c1. The monoisotopic (exact) mass is 485 g/mol. The number of aromatic nitrogens is 3. The lowest BCUT2D eigenvalue weighted by atomic mass is 9.91. The van der Waals surface area contributed by atoms with Crippen molar-refractivity contribution in [1.82, 2.24) is 14.5 Å². The number of pyridine rings is 1. The highest BCUT2D eigenvalue weighted by Gasteiger charge is 2.30. The third-order valence-electron chi connectivity index (χ3n) is 6.16. The molecule has 4 aromatic rings. The molecule has 0 saturated heterocycles. The maximum atomic E-state index is 13.2. The zero-order chi connectivity index (χ0) is 25.9. The zero-order valence-corrected chi connectivity index (χ0v) is 20.9. The molecule has 0 aliphatic carbocycles. The second-order valence-corrected chi connectivity index (χ2v) is 9.65. The van der Waals surface area contributed by atoms with E-state index in [1.165, 1.54) is 10.6 Å². The van der Waals surface area contributed by atoms with Gasteiger partial charge in [-0.3, -0.25) is 14.2 Å². The Hall–Kier alpha value is -4.04. The van der Waals surface area contributed by atoms with E-state index in [9.17, 15) is 14.7 Å². The Morgan fingerprint density at radius 2 is 1.75 bits per heavy atom. The number of nitrogens with zero attached hydrogens (tertiary/aromatic N) is 3. The van der Waals surface area contributed by atoms with Crippen LogP contribution in [0.5, 0.6) is 0 Å². The average Bonchev–Trinajstić information content (AvgIpc) is 2.86. The van der Waals surface area contributed by atoms with Gasteiger partial charge in [-0.25, -0.2) is 4.98 Å². The number of nitrogens with one attached hydrogen (secondary N) is 2. The highest BCUT2D eigenvalue weighted by molar-refractivity contribution is 5.95. The van der Waals surface area contributed by atoms with Crippen LogP contribution in [0, 0.1) is 5.41 Å². The molecule has 3 N–H and O–H groups in total. The molecule has 0 aliphatic rings. The van der Waals surface area contributed by atoms with Crippen LogP contribution in [-0.4, -0.2) is 25.5 Å². The first-order valence-electron chi connectivity index (χ1n) is 11.9. The van der Waals surface area contributed by atoms with Gasteiger partial charge in [-0.05, 0) is 57.0 Å². The third-order valence-corrected chi connectivity index (χ3v) is 6.16. The van der Waals surface area contributed by atoms with Crippen LogP contribution < -0.4 is 16.2 Å². The number of hydrogen-bond acceptors (Lipinski definition) is 6. The molecule has 8 heteroatoms. The van der Waals surface area contributed by atoms with Crippen LogP contribution >= 0.6 is 0 Å². The quantitative estimate of drug-likeness (QED) is 0.334. The smallest absolute Gasteiger partial charge is 0.252 e. The van der Waals surface area contributed by atoms with Gasteiger partial charge in [-0.15, -0.1) is 0 Å². The van der Waals surface area contributed by atoms with Gasteiger partial charge in [0, 0.05) is 29.9 Å². The summed E-state index contributed by atoms with van der Waals surface area (Å²) in [5.74, 6) is 0.148. The number of amides is 1. The molecule has 2 unspecified atom stereocenters. The molecule has 4 rings (SSSR count). The average molecular weight is 486 g/mol. The Balaban J connectivity index is 1.60. The standard InChI is InChI=1S/C28H31N5O3/c1-18(20-9-6-5-7-10-20)30-27-29-16-22-13-14-24(35)33(25(22)32-27)17-28(3,4)26(36)31-23-12-8-11-21(15-23)19(2)34/h5-16,18-19,34H,17H2,1-4H3,(H,31,36)(H,29,30,32). The number of carbonyl (C=O) groups excluding carboxylic acids is 1. The van der Waals surface area contributed by atoms with Gasteiger partial charge in [0.15, 0.2) is 0 Å². The van der Waals surface area contributed by atoms with Gasteiger partial charge in [0.2, 0.25) is 11.9 Å². The molecule has 0 saturated carbocycles. The van der Waals surface area contributed by atoms with Gasteiger partial charge < -0.3 is 15.7 Å². The van der Waals surface area contributed by atoms with Crippen LogP contribution in [0.2, 0.25) is 0 Å². The lowest BCUT2D eigenvalue weighted by Crippen LogP contribution is -2.38. The van der Waals surface area contributed by atoms with E-state index >= 15 is 0 Å². The van der Waals surface area contributed by atoms with Crippen molar-refractivity contribution in [3.8, 4) is 0 Å². The first-order chi connectivity index (χ1) is 17.1. The highest BCUT2D eigenvalue weighted by atomic mass is 16.3. The number of carbonyl (C=O) groups is 1. The van der Waals surface area contributed by atoms with E-state index in [2.05, 4.69) is 20.6 Å². The van der Waals surface area contributed by atoms with Crippen LogP contribution in [0.15, 0.2) is 77.7 Å². The summed E-state index contributed by atoms with van der Waals surface area (Å²) in [5, 5.41) is 16.7. The van der Waals surface area contributed by atoms with Crippen molar-refractivity contribution in [3.05, 3.63) is 94.4 Å². The van der Waals surface area contributed by atoms with Gasteiger partial charge >= 0.3 is 0 Å². The van der Waals surface area contributed by atoms with Gasteiger partial charge in [0.25, 0.3) is 5.56 Å². The van der Waals surface area contributed by atoms with Crippen molar-refractivity contribution >= 4 is 28.6 Å². The minimum atomic E-state index is -0.936.